The fourth-order valence-corrected chi connectivity index (χ4v) is 2.73. The molecule has 0 aliphatic rings. The maximum atomic E-state index is 12.2. The smallest absolute Gasteiger partial charge is 0.306 e. The second-order valence-corrected chi connectivity index (χ2v) is 6.78. The molecule has 6 nitrogen and oxygen atoms in total. The lowest BCUT2D eigenvalue weighted by Gasteiger charge is -2.18. The van der Waals surface area contributed by atoms with Crippen LogP contribution >= 0.6 is 0 Å². The van der Waals surface area contributed by atoms with Gasteiger partial charge in [-0.05, 0) is 35.7 Å². The molecule has 0 unspecified atom stereocenters. The van der Waals surface area contributed by atoms with Gasteiger partial charge in [-0.1, -0.05) is 30.3 Å². The molecule has 2 rings (SSSR count). The number of anilines is 1. The Balaban J connectivity index is 1.76. The van der Waals surface area contributed by atoms with E-state index in [2.05, 4.69) is 0 Å². The van der Waals surface area contributed by atoms with Crippen molar-refractivity contribution in [2.45, 2.75) is 19.4 Å². The highest BCUT2D eigenvalue weighted by Crippen LogP contribution is 2.19. The van der Waals surface area contributed by atoms with Gasteiger partial charge < -0.3 is 19.3 Å². The summed E-state index contributed by atoms with van der Waals surface area (Å²) in [5, 5.41) is 0. The Morgan fingerprint density at radius 1 is 0.964 bits per heavy atom. The molecule has 0 aliphatic heterocycles. The van der Waals surface area contributed by atoms with Crippen LogP contribution in [-0.4, -0.2) is 51.6 Å². The minimum atomic E-state index is -0.400. The van der Waals surface area contributed by atoms with Gasteiger partial charge in [-0.3, -0.25) is 9.59 Å². The van der Waals surface area contributed by atoms with Gasteiger partial charge in [0.1, 0.15) is 5.75 Å². The second kappa shape index (κ2) is 10.3. The van der Waals surface area contributed by atoms with Gasteiger partial charge in [-0.15, -0.1) is 0 Å². The molecule has 1 amide bonds. The number of carbonyl (C=O) groups excluding carboxylic acids is 2. The Hall–Kier alpha value is -3.02. The zero-order chi connectivity index (χ0) is 20.5. The molecule has 0 bridgehead atoms. The first kappa shape index (κ1) is 21.3. The van der Waals surface area contributed by atoms with E-state index in [0.717, 1.165) is 22.6 Å². The molecule has 150 valence electrons. The Labute approximate surface area is 166 Å². The highest BCUT2D eigenvalue weighted by atomic mass is 16.5. The molecule has 6 heteroatoms. The summed E-state index contributed by atoms with van der Waals surface area (Å²) in [5.74, 6) is 0.108. The van der Waals surface area contributed by atoms with Gasteiger partial charge in [0.05, 0.1) is 7.11 Å². The second-order valence-electron chi connectivity index (χ2n) is 6.78. The third-order valence-corrected chi connectivity index (χ3v) is 4.45. The first-order valence-corrected chi connectivity index (χ1v) is 9.18. The monoisotopic (exact) mass is 384 g/mol. The van der Waals surface area contributed by atoms with Crippen LogP contribution in [0, 0.1) is 0 Å². The van der Waals surface area contributed by atoms with Crippen molar-refractivity contribution in [2.24, 2.45) is 0 Å². The van der Waals surface area contributed by atoms with Gasteiger partial charge in [-0.25, -0.2) is 0 Å². The number of likely N-dealkylation sites (N-methyl/N-ethyl adjacent to an activating group) is 1. The first-order valence-electron chi connectivity index (χ1n) is 9.18. The number of benzene rings is 2. The van der Waals surface area contributed by atoms with E-state index in [1.54, 1.807) is 19.1 Å². The van der Waals surface area contributed by atoms with Crippen molar-refractivity contribution in [3.63, 3.8) is 0 Å². The van der Waals surface area contributed by atoms with Crippen molar-refractivity contribution in [1.29, 1.82) is 0 Å². The van der Waals surface area contributed by atoms with Crippen molar-refractivity contribution < 1.29 is 19.1 Å². The number of hydrogen-bond acceptors (Lipinski definition) is 5. The topological polar surface area (TPSA) is 59.1 Å². The normalized spacial score (nSPS) is 10.3. The minimum absolute atomic E-state index is 0.198. The third-order valence-electron chi connectivity index (χ3n) is 4.45. The summed E-state index contributed by atoms with van der Waals surface area (Å²) in [4.78, 5) is 27.8. The van der Waals surface area contributed by atoms with Crippen LogP contribution in [0.3, 0.4) is 0 Å². The highest BCUT2D eigenvalue weighted by molar-refractivity contribution is 5.80. The van der Waals surface area contributed by atoms with Gasteiger partial charge in [0, 0.05) is 39.8 Å². The van der Waals surface area contributed by atoms with Gasteiger partial charge in [-0.2, -0.15) is 0 Å². The van der Waals surface area contributed by atoms with E-state index in [9.17, 15) is 9.59 Å². The van der Waals surface area contributed by atoms with Crippen molar-refractivity contribution >= 4 is 17.6 Å². The number of amides is 1. The van der Waals surface area contributed by atoms with Gasteiger partial charge in [0.2, 0.25) is 0 Å². The van der Waals surface area contributed by atoms with Crippen LogP contribution < -0.4 is 9.64 Å². The van der Waals surface area contributed by atoms with Crippen molar-refractivity contribution in [2.75, 3.05) is 39.8 Å². The van der Waals surface area contributed by atoms with E-state index in [1.165, 1.54) is 0 Å². The van der Waals surface area contributed by atoms with Crippen LogP contribution in [0.2, 0.25) is 0 Å². The van der Waals surface area contributed by atoms with Crippen LogP contribution in [0.1, 0.15) is 17.5 Å². The summed E-state index contributed by atoms with van der Waals surface area (Å²) >= 11 is 0. The van der Waals surface area contributed by atoms with Crippen molar-refractivity contribution in [3.05, 3.63) is 59.7 Å². The lowest BCUT2D eigenvalue weighted by molar-refractivity contribution is -0.151. The van der Waals surface area contributed by atoms with Crippen LogP contribution in [0.15, 0.2) is 48.5 Å². The zero-order valence-electron chi connectivity index (χ0n) is 17.0. The summed E-state index contributed by atoms with van der Waals surface area (Å²) in [7, 11) is 7.25. The number of rotatable bonds is 9. The molecule has 0 fully saturated rings. The maximum absolute atomic E-state index is 12.2. The Bertz CT molecular complexity index is 787. The molecule has 0 aromatic heterocycles. The van der Waals surface area contributed by atoms with E-state index < -0.39 is 5.97 Å². The summed E-state index contributed by atoms with van der Waals surface area (Å²) < 4.78 is 10.4. The lowest BCUT2D eigenvalue weighted by Crippen LogP contribution is -2.30. The molecule has 0 atom stereocenters. The van der Waals surface area contributed by atoms with E-state index in [-0.39, 0.29) is 18.9 Å². The summed E-state index contributed by atoms with van der Waals surface area (Å²) in [6.07, 6.45) is 0.703. The fourth-order valence-electron chi connectivity index (χ4n) is 2.73. The van der Waals surface area contributed by atoms with E-state index in [4.69, 9.17) is 9.47 Å². The zero-order valence-corrected chi connectivity index (χ0v) is 17.0. The van der Waals surface area contributed by atoms with Crippen LogP contribution in [-0.2, 0) is 27.3 Å². The third kappa shape index (κ3) is 6.30. The first-order chi connectivity index (χ1) is 13.4. The van der Waals surface area contributed by atoms with Gasteiger partial charge >= 0.3 is 5.97 Å². The molecular formula is C22H28N2O4. The quantitative estimate of drug-likeness (QED) is 0.622. The lowest BCUT2D eigenvalue weighted by atomic mass is 10.1. The number of aryl methyl sites for hydroxylation is 1. The molecule has 0 radical (unpaired) electrons. The largest absolute Gasteiger partial charge is 0.496 e. The van der Waals surface area contributed by atoms with E-state index in [1.807, 2.05) is 67.5 Å². The molecule has 0 heterocycles. The number of nitrogens with zero attached hydrogens (tertiary/aromatic N) is 2. The number of esters is 1. The summed E-state index contributed by atoms with van der Waals surface area (Å²) in [5.41, 5.74) is 3.05. The molecule has 2 aromatic carbocycles. The summed E-state index contributed by atoms with van der Waals surface area (Å²) in [6, 6.07) is 15.5. The fraction of sp³-hybridized carbons (Fsp3) is 0.364. The van der Waals surface area contributed by atoms with Crippen LogP contribution in [0.5, 0.6) is 5.75 Å². The molecule has 0 saturated heterocycles. The number of carbonyl (C=O) groups is 2. The van der Waals surface area contributed by atoms with Crippen molar-refractivity contribution in [3.8, 4) is 5.75 Å². The SMILES string of the molecule is COc1ccccc1CCC(=O)OCC(=O)N(C)Cc1ccc(N(C)C)cc1. The Morgan fingerprint density at radius 3 is 2.29 bits per heavy atom. The van der Waals surface area contributed by atoms with Crippen LogP contribution in [0.4, 0.5) is 5.69 Å². The number of hydrogen-bond donors (Lipinski definition) is 0. The minimum Gasteiger partial charge on any atom is -0.496 e. The molecule has 0 N–H and O–H groups in total. The highest BCUT2D eigenvalue weighted by Gasteiger charge is 2.13. The number of para-hydroxylation sites is 1. The maximum Gasteiger partial charge on any atom is 0.306 e. The van der Waals surface area contributed by atoms with E-state index >= 15 is 0 Å². The Morgan fingerprint density at radius 2 is 1.64 bits per heavy atom. The molecule has 0 aliphatic carbocycles. The predicted octanol–water partition coefficient (Wildman–Crippen LogP) is 2.90. The molecule has 2 aromatic rings. The predicted molar refractivity (Wildman–Crippen MR) is 110 cm³/mol. The number of ether oxygens (including phenoxy) is 2. The van der Waals surface area contributed by atoms with Gasteiger partial charge in [0.25, 0.3) is 5.91 Å². The molecule has 0 spiro atoms. The number of methoxy groups -OCH3 is 1. The molecule has 0 saturated carbocycles. The molecule has 28 heavy (non-hydrogen) atoms. The Kier molecular flexibility index (Phi) is 7.87. The van der Waals surface area contributed by atoms with E-state index in [0.29, 0.717) is 13.0 Å². The van der Waals surface area contributed by atoms with Crippen LogP contribution in [0.25, 0.3) is 0 Å². The average Bonchev–Trinajstić information content (AvgIpc) is 2.70. The van der Waals surface area contributed by atoms with Crippen molar-refractivity contribution in [1.82, 2.24) is 4.90 Å². The summed E-state index contributed by atoms with van der Waals surface area (Å²) in [6.45, 7) is 0.211. The standard InChI is InChI=1S/C22H28N2O4/c1-23(2)19-12-9-17(10-13-19)15-24(3)21(25)16-28-22(26)14-11-18-7-5-6-8-20(18)27-4/h5-10,12-13H,11,14-16H2,1-4H3. The van der Waals surface area contributed by atoms with Gasteiger partial charge in [0.15, 0.2) is 6.61 Å². The molecular weight excluding hydrogens is 356 g/mol. The average molecular weight is 384 g/mol.